The van der Waals surface area contributed by atoms with Gasteiger partial charge in [0.15, 0.2) is 0 Å². The Bertz CT molecular complexity index is 1210. The summed E-state index contributed by atoms with van der Waals surface area (Å²) < 4.78 is 12.1. The van der Waals surface area contributed by atoms with Crippen LogP contribution in [0.5, 0.6) is 5.75 Å². The smallest absolute Gasteiger partial charge is 0.348 e. The molecule has 1 amide bonds. The Hall–Kier alpha value is -3.20. The molecule has 2 aromatic heterocycles. The number of thiophene rings is 1. The number of nitrogens with one attached hydrogen (secondary N) is 1. The topological polar surface area (TPSA) is 99.5 Å². The molecule has 0 saturated heterocycles. The highest BCUT2D eigenvalue weighted by molar-refractivity contribution is 7.20. The van der Waals surface area contributed by atoms with Crippen molar-refractivity contribution < 1.29 is 19.1 Å². The van der Waals surface area contributed by atoms with Gasteiger partial charge >= 0.3 is 5.97 Å². The van der Waals surface area contributed by atoms with Crippen LogP contribution in [0.15, 0.2) is 35.4 Å². The third kappa shape index (κ3) is 4.52. The van der Waals surface area contributed by atoms with Gasteiger partial charge in [-0.2, -0.15) is 0 Å². The first-order chi connectivity index (χ1) is 15.5. The lowest BCUT2D eigenvalue weighted by Gasteiger charge is -2.21. The summed E-state index contributed by atoms with van der Waals surface area (Å²) in [6.07, 6.45) is 6.32. The molecule has 0 radical (unpaired) electrons. The number of amides is 1. The molecule has 0 bridgehead atoms. The highest BCUT2D eigenvalue weighted by Gasteiger charge is 2.24. The van der Waals surface area contributed by atoms with E-state index in [0.717, 1.165) is 37.0 Å². The lowest BCUT2D eigenvalue weighted by atomic mass is 9.98. The van der Waals surface area contributed by atoms with Gasteiger partial charge in [-0.25, -0.2) is 9.78 Å². The Morgan fingerprint density at radius 3 is 2.72 bits per heavy atom. The highest BCUT2D eigenvalue weighted by atomic mass is 32.1. The molecule has 4 rings (SSSR count). The molecule has 1 aromatic carbocycles. The number of anilines is 1. The molecule has 1 saturated carbocycles. The third-order valence-electron chi connectivity index (χ3n) is 5.62. The Labute approximate surface area is 189 Å². The highest BCUT2D eigenvalue weighted by Crippen LogP contribution is 2.29. The Kier molecular flexibility index (Phi) is 6.55. The van der Waals surface area contributed by atoms with Gasteiger partial charge in [-0.1, -0.05) is 18.6 Å². The van der Waals surface area contributed by atoms with Crippen LogP contribution < -0.4 is 15.6 Å². The van der Waals surface area contributed by atoms with Crippen molar-refractivity contribution in [2.75, 3.05) is 12.4 Å². The van der Waals surface area contributed by atoms with Crippen LogP contribution in [-0.2, 0) is 16.1 Å². The SMILES string of the molecule is COc1ccccc1NC(=O)Cn1cnc2sc(C(=O)OC3CCCCC3)c(C)c2c1=O. The zero-order valence-electron chi connectivity index (χ0n) is 18.1. The van der Waals surface area contributed by atoms with Crippen LogP contribution in [-0.4, -0.2) is 34.6 Å². The summed E-state index contributed by atoms with van der Waals surface area (Å²) in [5.74, 6) is -0.267. The van der Waals surface area contributed by atoms with Crippen LogP contribution in [0.1, 0.15) is 47.3 Å². The van der Waals surface area contributed by atoms with Crippen LogP contribution in [0.4, 0.5) is 5.69 Å². The normalized spacial score (nSPS) is 14.3. The fourth-order valence-electron chi connectivity index (χ4n) is 3.95. The number of methoxy groups -OCH3 is 1. The number of para-hydroxylation sites is 2. The van der Waals surface area contributed by atoms with Crippen molar-refractivity contribution in [2.24, 2.45) is 0 Å². The number of rotatable bonds is 6. The summed E-state index contributed by atoms with van der Waals surface area (Å²) in [7, 11) is 1.52. The summed E-state index contributed by atoms with van der Waals surface area (Å²) >= 11 is 1.15. The predicted molar refractivity (Wildman–Crippen MR) is 123 cm³/mol. The molecule has 32 heavy (non-hydrogen) atoms. The average Bonchev–Trinajstić information content (AvgIpc) is 3.14. The van der Waals surface area contributed by atoms with Gasteiger partial charge in [0.1, 0.15) is 28.1 Å². The number of nitrogens with zero attached hydrogens (tertiary/aromatic N) is 2. The van der Waals surface area contributed by atoms with E-state index in [4.69, 9.17) is 9.47 Å². The van der Waals surface area contributed by atoms with E-state index in [-0.39, 0.29) is 24.1 Å². The van der Waals surface area contributed by atoms with E-state index in [1.807, 2.05) is 0 Å². The minimum Gasteiger partial charge on any atom is -0.495 e. The second-order valence-electron chi connectivity index (χ2n) is 7.83. The second-order valence-corrected chi connectivity index (χ2v) is 8.83. The van der Waals surface area contributed by atoms with Crippen LogP contribution in [0.3, 0.4) is 0 Å². The Morgan fingerprint density at radius 1 is 1.22 bits per heavy atom. The number of ether oxygens (including phenoxy) is 2. The van der Waals surface area contributed by atoms with E-state index in [1.165, 1.54) is 24.4 Å². The summed E-state index contributed by atoms with van der Waals surface area (Å²) in [6.45, 7) is 1.51. The quantitative estimate of drug-likeness (QED) is 0.566. The van der Waals surface area contributed by atoms with Crippen molar-refractivity contribution >= 4 is 39.1 Å². The molecule has 0 spiro atoms. The maximum absolute atomic E-state index is 13.1. The molecule has 0 unspecified atom stereocenters. The van der Waals surface area contributed by atoms with E-state index in [0.29, 0.717) is 32.1 Å². The lowest BCUT2D eigenvalue weighted by Crippen LogP contribution is -2.28. The minimum atomic E-state index is -0.405. The van der Waals surface area contributed by atoms with Crippen molar-refractivity contribution in [3.05, 3.63) is 51.4 Å². The first kappa shape index (κ1) is 22.0. The maximum atomic E-state index is 13.1. The van der Waals surface area contributed by atoms with Crippen LogP contribution in [0, 0.1) is 6.92 Å². The van der Waals surface area contributed by atoms with Crippen molar-refractivity contribution in [3.63, 3.8) is 0 Å². The van der Waals surface area contributed by atoms with Crippen molar-refractivity contribution in [2.45, 2.75) is 51.7 Å². The predicted octanol–water partition coefficient (Wildman–Crippen LogP) is 3.90. The summed E-state index contributed by atoms with van der Waals surface area (Å²) in [5, 5.41) is 3.09. The third-order valence-corrected chi connectivity index (χ3v) is 6.80. The van der Waals surface area contributed by atoms with Crippen LogP contribution >= 0.6 is 11.3 Å². The van der Waals surface area contributed by atoms with E-state index < -0.39 is 5.97 Å². The fraction of sp³-hybridized carbons (Fsp3) is 0.391. The molecule has 0 atom stereocenters. The van der Waals surface area contributed by atoms with E-state index >= 15 is 0 Å². The number of benzene rings is 1. The number of hydrogen-bond acceptors (Lipinski definition) is 7. The standard InChI is InChI=1S/C23H25N3O5S/c1-14-19-21(32-20(14)23(29)31-15-8-4-3-5-9-15)24-13-26(22(19)28)12-18(27)25-16-10-6-7-11-17(16)30-2/h6-7,10-11,13,15H,3-5,8-9,12H2,1-2H3,(H,25,27). The molecular formula is C23H25N3O5S. The molecule has 1 aliphatic rings. The largest absolute Gasteiger partial charge is 0.495 e. The van der Waals surface area contributed by atoms with E-state index in [1.54, 1.807) is 31.2 Å². The summed E-state index contributed by atoms with van der Waals surface area (Å²) in [6, 6.07) is 7.03. The zero-order valence-corrected chi connectivity index (χ0v) is 18.9. The fourth-order valence-corrected chi connectivity index (χ4v) is 4.97. The molecule has 0 aliphatic heterocycles. The van der Waals surface area contributed by atoms with Crippen LogP contribution in [0.25, 0.3) is 10.2 Å². The number of hydrogen-bond donors (Lipinski definition) is 1. The van der Waals surface area contributed by atoms with Gasteiger partial charge in [-0.05, 0) is 50.3 Å². The average molecular weight is 456 g/mol. The minimum absolute atomic E-state index is 0.0656. The van der Waals surface area contributed by atoms with Gasteiger partial charge in [0, 0.05) is 0 Å². The number of carbonyl (C=O) groups is 2. The van der Waals surface area contributed by atoms with Gasteiger partial charge in [0.2, 0.25) is 5.91 Å². The molecule has 1 N–H and O–H groups in total. The number of carbonyl (C=O) groups excluding carboxylic acids is 2. The zero-order chi connectivity index (χ0) is 22.7. The summed E-state index contributed by atoms with van der Waals surface area (Å²) in [5.41, 5.74) is 0.694. The molecule has 1 aliphatic carbocycles. The van der Waals surface area contributed by atoms with E-state index in [9.17, 15) is 14.4 Å². The van der Waals surface area contributed by atoms with Gasteiger partial charge in [-0.3, -0.25) is 14.2 Å². The number of fused-ring (bicyclic) bond motifs is 1. The van der Waals surface area contributed by atoms with Crippen LogP contribution in [0.2, 0.25) is 0 Å². The first-order valence-electron chi connectivity index (χ1n) is 10.6. The van der Waals surface area contributed by atoms with Crippen molar-refractivity contribution in [3.8, 4) is 5.75 Å². The molecule has 3 aromatic rings. The van der Waals surface area contributed by atoms with Gasteiger partial charge < -0.3 is 14.8 Å². The Morgan fingerprint density at radius 2 is 1.97 bits per heavy atom. The lowest BCUT2D eigenvalue weighted by molar-refractivity contribution is -0.116. The first-order valence-corrected chi connectivity index (χ1v) is 11.4. The monoisotopic (exact) mass is 455 g/mol. The molecule has 168 valence electrons. The van der Waals surface area contributed by atoms with Gasteiger partial charge in [0.25, 0.3) is 5.56 Å². The van der Waals surface area contributed by atoms with Gasteiger partial charge in [0.05, 0.1) is 24.5 Å². The van der Waals surface area contributed by atoms with Crippen molar-refractivity contribution in [1.82, 2.24) is 9.55 Å². The van der Waals surface area contributed by atoms with E-state index in [2.05, 4.69) is 10.3 Å². The number of esters is 1. The van der Waals surface area contributed by atoms with Crippen molar-refractivity contribution in [1.29, 1.82) is 0 Å². The molecule has 9 heteroatoms. The second kappa shape index (κ2) is 9.52. The van der Waals surface area contributed by atoms with Gasteiger partial charge in [-0.15, -0.1) is 11.3 Å². The molecule has 1 fully saturated rings. The maximum Gasteiger partial charge on any atom is 0.348 e. The molecular weight excluding hydrogens is 430 g/mol. The Balaban J connectivity index is 1.54. The summed E-state index contributed by atoms with van der Waals surface area (Å²) in [4.78, 5) is 43.5. The number of aromatic nitrogens is 2. The molecule has 2 heterocycles. The number of aryl methyl sites for hydroxylation is 1. The molecule has 8 nitrogen and oxygen atoms in total.